The molecule has 0 saturated heterocycles. The van der Waals surface area contributed by atoms with Crippen molar-refractivity contribution in [1.82, 2.24) is 5.32 Å². The van der Waals surface area contributed by atoms with Crippen LogP contribution in [-0.2, 0) is 0 Å². The molecule has 4 nitrogen and oxygen atoms in total. The molecule has 0 aromatic carbocycles. The van der Waals surface area contributed by atoms with Crippen molar-refractivity contribution in [2.24, 2.45) is 11.1 Å². The van der Waals surface area contributed by atoms with Gasteiger partial charge in [-0.05, 0) is 19.4 Å². The molecule has 4 N–H and O–H groups in total. The third-order valence-corrected chi connectivity index (χ3v) is 2.96. The highest BCUT2D eigenvalue weighted by molar-refractivity contribution is 5.64. The molecule has 1 amide bonds. The maximum atomic E-state index is 10.3. The zero-order valence-corrected chi connectivity index (χ0v) is 7.88. The maximum absolute atomic E-state index is 10.3. The van der Waals surface area contributed by atoms with Crippen LogP contribution in [0.1, 0.15) is 32.1 Å². The minimum Gasteiger partial charge on any atom is -0.465 e. The van der Waals surface area contributed by atoms with E-state index in [-0.39, 0.29) is 5.41 Å². The lowest BCUT2D eigenvalue weighted by Gasteiger charge is -2.35. The molecule has 0 radical (unpaired) electrons. The Bertz CT molecular complexity index is 176. The zero-order valence-electron chi connectivity index (χ0n) is 7.88. The fourth-order valence-corrected chi connectivity index (χ4v) is 2.02. The molecule has 0 bridgehead atoms. The van der Waals surface area contributed by atoms with Crippen molar-refractivity contribution in [2.45, 2.75) is 32.1 Å². The highest BCUT2D eigenvalue weighted by Crippen LogP contribution is 2.34. The van der Waals surface area contributed by atoms with Crippen molar-refractivity contribution in [2.75, 3.05) is 13.1 Å². The van der Waals surface area contributed by atoms with Gasteiger partial charge in [-0.3, -0.25) is 0 Å². The number of nitrogens with two attached hydrogens (primary N) is 1. The van der Waals surface area contributed by atoms with E-state index in [1.54, 1.807) is 0 Å². The van der Waals surface area contributed by atoms with Crippen molar-refractivity contribution >= 4 is 6.09 Å². The molecule has 4 heteroatoms. The summed E-state index contributed by atoms with van der Waals surface area (Å²) in [5.74, 6) is 0. The summed E-state index contributed by atoms with van der Waals surface area (Å²) >= 11 is 0. The molecule has 0 atom stereocenters. The van der Waals surface area contributed by atoms with Gasteiger partial charge in [0.15, 0.2) is 0 Å². The molecule has 1 aliphatic carbocycles. The Labute approximate surface area is 78.5 Å². The van der Waals surface area contributed by atoms with E-state index in [4.69, 9.17) is 10.8 Å². The second-order valence-corrected chi connectivity index (χ2v) is 3.92. The first-order valence-electron chi connectivity index (χ1n) is 4.85. The molecule has 76 valence electrons. The van der Waals surface area contributed by atoms with Crippen molar-refractivity contribution in [1.29, 1.82) is 0 Å². The standard InChI is InChI=1S/C9H18N2O2/c10-6-9(7-11-8(12)13)4-2-1-3-5-9/h11H,1-7,10H2,(H,12,13). The first-order valence-corrected chi connectivity index (χ1v) is 4.85. The number of rotatable bonds is 3. The van der Waals surface area contributed by atoms with Gasteiger partial charge in [0.1, 0.15) is 0 Å². The molecule has 1 saturated carbocycles. The van der Waals surface area contributed by atoms with Crippen LogP contribution in [0.25, 0.3) is 0 Å². The van der Waals surface area contributed by atoms with Crippen LogP contribution in [0.2, 0.25) is 0 Å². The number of hydrogen-bond donors (Lipinski definition) is 3. The van der Waals surface area contributed by atoms with E-state index in [1.807, 2.05) is 0 Å². The molecule has 0 heterocycles. The van der Waals surface area contributed by atoms with Crippen LogP contribution in [0.5, 0.6) is 0 Å². The van der Waals surface area contributed by atoms with Gasteiger partial charge in [0.25, 0.3) is 0 Å². The van der Waals surface area contributed by atoms with E-state index in [9.17, 15) is 4.79 Å². The fourth-order valence-electron chi connectivity index (χ4n) is 2.02. The van der Waals surface area contributed by atoms with Crippen molar-refractivity contribution in [3.8, 4) is 0 Å². The topological polar surface area (TPSA) is 75.3 Å². The summed E-state index contributed by atoms with van der Waals surface area (Å²) in [6, 6.07) is 0. The molecule has 1 aliphatic rings. The molecule has 0 spiro atoms. The summed E-state index contributed by atoms with van der Waals surface area (Å²) in [6.07, 6.45) is 4.79. The zero-order chi connectivity index (χ0) is 9.73. The van der Waals surface area contributed by atoms with Gasteiger partial charge in [0.05, 0.1) is 0 Å². The Morgan fingerprint density at radius 3 is 2.46 bits per heavy atom. The largest absolute Gasteiger partial charge is 0.465 e. The number of nitrogens with one attached hydrogen (secondary N) is 1. The number of hydrogen-bond acceptors (Lipinski definition) is 2. The van der Waals surface area contributed by atoms with E-state index < -0.39 is 6.09 Å². The van der Waals surface area contributed by atoms with Crippen LogP contribution >= 0.6 is 0 Å². The Morgan fingerprint density at radius 2 is 2.00 bits per heavy atom. The minimum absolute atomic E-state index is 0.0383. The average molecular weight is 186 g/mol. The van der Waals surface area contributed by atoms with Crippen LogP contribution in [0, 0.1) is 5.41 Å². The van der Waals surface area contributed by atoms with E-state index in [1.165, 1.54) is 19.3 Å². The van der Waals surface area contributed by atoms with Crippen molar-refractivity contribution in [3.05, 3.63) is 0 Å². The van der Waals surface area contributed by atoms with E-state index in [2.05, 4.69) is 5.32 Å². The smallest absolute Gasteiger partial charge is 0.404 e. The number of carbonyl (C=O) groups is 1. The number of amides is 1. The third kappa shape index (κ3) is 2.88. The molecule has 1 fully saturated rings. The van der Waals surface area contributed by atoms with E-state index >= 15 is 0 Å². The SMILES string of the molecule is NCC1(CNC(=O)O)CCCCC1. The second-order valence-electron chi connectivity index (χ2n) is 3.92. The lowest BCUT2D eigenvalue weighted by atomic mass is 9.74. The summed E-state index contributed by atoms with van der Waals surface area (Å²) in [6.45, 7) is 1.10. The van der Waals surface area contributed by atoms with Crippen molar-refractivity contribution < 1.29 is 9.90 Å². The Balaban J connectivity index is 2.42. The summed E-state index contributed by atoms with van der Waals surface area (Å²) < 4.78 is 0. The highest BCUT2D eigenvalue weighted by Gasteiger charge is 2.30. The molecular weight excluding hydrogens is 168 g/mol. The van der Waals surface area contributed by atoms with Crippen LogP contribution < -0.4 is 11.1 Å². The van der Waals surface area contributed by atoms with Gasteiger partial charge in [0, 0.05) is 12.0 Å². The quantitative estimate of drug-likeness (QED) is 0.619. The van der Waals surface area contributed by atoms with Gasteiger partial charge in [-0.15, -0.1) is 0 Å². The molecule has 1 rings (SSSR count). The Morgan fingerprint density at radius 1 is 1.38 bits per heavy atom. The first-order chi connectivity index (χ1) is 6.18. The van der Waals surface area contributed by atoms with Gasteiger partial charge in [0.2, 0.25) is 0 Å². The predicted octanol–water partition coefficient (Wildman–Crippen LogP) is 1.16. The fraction of sp³-hybridized carbons (Fsp3) is 0.889. The van der Waals surface area contributed by atoms with Crippen LogP contribution in [0.15, 0.2) is 0 Å². The predicted molar refractivity (Wildman–Crippen MR) is 50.6 cm³/mol. The monoisotopic (exact) mass is 186 g/mol. The van der Waals surface area contributed by atoms with Crippen LogP contribution in [0.4, 0.5) is 4.79 Å². The van der Waals surface area contributed by atoms with E-state index in [0.29, 0.717) is 13.1 Å². The van der Waals surface area contributed by atoms with Gasteiger partial charge < -0.3 is 16.2 Å². The summed E-state index contributed by atoms with van der Waals surface area (Å²) in [5.41, 5.74) is 5.73. The lowest BCUT2D eigenvalue weighted by Crippen LogP contribution is -2.43. The Hall–Kier alpha value is -0.770. The second kappa shape index (κ2) is 4.46. The average Bonchev–Trinajstić information content (AvgIpc) is 2.16. The van der Waals surface area contributed by atoms with Gasteiger partial charge in [-0.1, -0.05) is 19.3 Å². The lowest BCUT2D eigenvalue weighted by molar-refractivity contribution is 0.165. The molecule has 0 aromatic rings. The molecule has 13 heavy (non-hydrogen) atoms. The molecule has 0 aliphatic heterocycles. The summed E-state index contributed by atoms with van der Waals surface area (Å²) in [7, 11) is 0. The highest BCUT2D eigenvalue weighted by atomic mass is 16.4. The van der Waals surface area contributed by atoms with Gasteiger partial charge in [-0.2, -0.15) is 0 Å². The van der Waals surface area contributed by atoms with Crippen LogP contribution in [-0.4, -0.2) is 24.3 Å². The van der Waals surface area contributed by atoms with E-state index in [0.717, 1.165) is 12.8 Å². The molecular formula is C9H18N2O2. The maximum Gasteiger partial charge on any atom is 0.404 e. The normalized spacial score (nSPS) is 21.0. The molecule has 0 aromatic heterocycles. The van der Waals surface area contributed by atoms with Gasteiger partial charge >= 0.3 is 6.09 Å². The third-order valence-electron chi connectivity index (χ3n) is 2.96. The van der Waals surface area contributed by atoms with Crippen molar-refractivity contribution in [3.63, 3.8) is 0 Å². The Kier molecular flexibility index (Phi) is 3.54. The minimum atomic E-state index is -0.946. The van der Waals surface area contributed by atoms with Crippen LogP contribution in [0.3, 0.4) is 0 Å². The summed E-state index contributed by atoms with van der Waals surface area (Å²) in [4.78, 5) is 10.3. The summed E-state index contributed by atoms with van der Waals surface area (Å²) in [5, 5.41) is 10.9. The number of carboxylic acid groups (broad SMARTS) is 1. The van der Waals surface area contributed by atoms with Gasteiger partial charge in [-0.25, -0.2) is 4.79 Å². The first kappa shape index (κ1) is 10.3. The molecule has 0 unspecified atom stereocenters.